The quantitative estimate of drug-likeness (QED) is 0.577. The molecule has 0 saturated carbocycles. The molecule has 2 aromatic carbocycles. The zero-order valence-corrected chi connectivity index (χ0v) is 16.8. The Hall–Kier alpha value is -4.01. The number of nitrogens with one attached hydrogen (secondary N) is 2. The molecule has 0 atom stereocenters. The van der Waals surface area contributed by atoms with Gasteiger partial charge < -0.3 is 15.4 Å². The lowest BCUT2D eigenvalue weighted by Gasteiger charge is -2.10. The predicted molar refractivity (Wildman–Crippen MR) is 113 cm³/mol. The SMILES string of the molecule is CC(=O)Nc1ccc(OCC(=O)NCCn2nc(-c3ccc(F)cc3)ccc2=O)cc1. The first kappa shape index (κ1) is 21.7. The van der Waals surface area contributed by atoms with Gasteiger partial charge in [-0.15, -0.1) is 0 Å². The molecule has 3 aromatic rings. The highest BCUT2D eigenvalue weighted by molar-refractivity contribution is 5.88. The molecule has 0 aliphatic carbocycles. The molecule has 31 heavy (non-hydrogen) atoms. The molecule has 160 valence electrons. The number of carbonyl (C=O) groups excluding carboxylic acids is 2. The molecule has 0 unspecified atom stereocenters. The standard InChI is InChI=1S/C22H21FN4O4/c1-15(28)25-18-6-8-19(9-7-18)31-14-21(29)24-12-13-27-22(30)11-10-20(26-27)16-2-4-17(23)5-3-16/h2-11H,12-14H2,1H3,(H,24,29)(H,25,28). The number of benzene rings is 2. The molecule has 2 N–H and O–H groups in total. The van der Waals surface area contributed by atoms with E-state index in [2.05, 4.69) is 15.7 Å². The molecule has 8 nitrogen and oxygen atoms in total. The van der Waals surface area contributed by atoms with Crippen LogP contribution >= 0.6 is 0 Å². The van der Waals surface area contributed by atoms with Gasteiger partial charge in [0.15, 0.2) is 6.61 Å². The average Bonchev–Trinajstić information content (AvgIpc) is 2.75. The van der Waals surface area contributed by atoms with Crippen LogP contribution in [0.15, 0.2) is 65.5 Å². The lowest BCUT2D eigenvalue weighted by molar-refractivity contribution is -0.123. The normalized spacial score (nSPS) is 10.4. The minimum Gasteiger partial charge on any atom is -0.484 e. The second-order valence-electron chi connectivity index (χ2n) is 6.63. The highest BCUT2D eigenvalue weighted by atomic mass is 19.1. The van der Waals surface area contributed by atoms with Crippen molar-refractivity contribution in [2.45, 2.75) is 13.5 Å². The second-order valence-corrected chi connectivity index (χ2v) is 6.63. The Labute approximate surface area is 177 Å². The van der Waals surface area contributed by atoms with Gasteiger partial charge >= 0.3 is 0 Å². The van der Waals surface area contributed by atoms with Gasteiger partial charge in [0.25, 0.3) is 11.5 Å². The molecule has 0 saturated heterocycles. The van der Waals surface area contributed by atoms with Crippen molar-refractivity contribution in [3.05, 3.63) is 76.8 Å². The predicted octanol–water partition coefficient (Wildman–Crippen LogP) is 2.20. The van der Waals surface area contributed by atoms with Crippen molar-refractivity contribution in [1.82, 2.24) is 15.1 Å². The fraction of sp³-hybridized carbons (Fsp3) is 0.182. The molecule has 0 fully saturated rings. The van der Waals surface area contributed by atoms with Gasteiger partial charge in [-0.05, 0) is 54.6 Å². The Balaban J connectivity index is 1.49. The summed E-state index contributed by atoms with van der Waals surface area (Å²) in [6, 6.07) is 15.4. The van der Waals surface area contributed by atoms with Crippen LogP contribution in [0.2, 0.25) is 0 Å². The van der Waals surface area contributed by atoms with Gasteiger partial charge in [0.2, 0.25) is 5.91 Å². The van der Waals surface area contributed by atoms with E-state index in [0.717, 1.165) is 0 Å². The number of amides is 2. The Kier molecular flexibility index (Phi) is 7.10. The number of aromatic nitrogens is 2. The van der Waals surface area contributed by atoms with Gasteiger partial charge in [-0.2, -0.15) is 5.10 Å². The van der Waals surface area contributed by atoms with Crippen LogP contribution < -0.4 is 20.9 Å². The van der Waals surface area contributed by atoms with E-state index >= 15 is 0 Å². The van der Waals surface area contributed by atoms with Crippen LogP contribution in [0.25, 0.3) is 11.3 Å². The third-order valence-electron chi connectivity index (χ3n) is 4.20. The molecule has 1 aromatic heterocycles. The maximum atomic E-state index is 13.1. The van der Waals surface area contributed by atoms with Gasteiger partial charge in [0, 0.05) is 30.8 Å². The second kappa shape index (κ2) is 10.1. The highest BCUT2D eigenvalue weighted by Gasteiger charge is 2.06. The maximum absolute atomic E-state index is 13.1. The molecular formula is C22H21FN4O4. The van der Waals surface area contributed by atoms with E-state index in [1.54, 1.807) is 42.5 Å². The van der Waals surface area contributed by atoms with E-state index in [0.29, 0.717) is 22.7 Å². The van der Waals surface area contributed by atoms with Gasteiger partial charge in [0.1, 0.15) is 11.6 Å². The van der Waals surface area contributed by atoms with Gasteiger partial charge in [0.05, 0.1) is 12.2 Å². The number of hydrogen-bond acceptors (Lipinski definition) is 5. The first-order valence-electron chi connectivity index (χ1n) is 9.52. The Morgan fingerprint density at radius 1 is 1.03 bits per heavy atom. The average molecular weight is 424 g/mol. The molecule has 0 aliphatic heterocycles. The van der Waals surface area contributed by atoms with E-state index in [1.807, 2.05) is 0 Å². The zero-order chi connectivity index (χ0) is 22.2. The molecule has 0 aliphatic rings. The molecule has 3 rings (SSSR count). The van der Waals surface area contributed by atoms with Crippen molar-refractivity contribution in [2.24, 2.45) is 0 Å². The molecular weight excluding hydrogens is 403 g/mol. The Morgan fingerprint density at radius 3 is 2.42 bits per heavy atom. The van der Waals surface area contributed by atoms with Crippen molar-refractivity contribution in [3.8, 4) is 17.0 Å². The molecule has 0 bridgehead atoms. The number of ether oxygens (including phenoxy) is 1. The zero-order valence-electron chi connectivity index (χ0n) is 16.8. The van der Waals surface area contributed by atoms with Crippen molar-refractivity contribution in [3.63, 3.8) is 0 Å². The number of carbonyl (C=O) groups is 2. The van der Waals surface area contributed by atoms with Crippen LogP contribution in [-0.2, 0) is 16.1 Å². The third kappa shape index (κ3) is 6.49. The van der Waals surface area contributed by atoms with E-state index in [9.17, 15) is 18.8 Å². The number of nitrogens with zero attached hydrogens (tertiary/aromatic N) is 2. The Morgan fingerprint density at radius 2 is 1.74 bits per heavy atom. The number of halogens is 1. The summed E-state index contributed by atoms with van der Waals surface area (Å²) in [7, 11) is 0. The summed E-state index contributed by atoms with van der Waals surface area (Å²) in [5, 5.41) is 9.56. The summed E-state index contributed by atoms with van der Waals surface area (Å²) in [6.45, 7) is 1.57. The lowest BCUT2D eigenvalue weighted by atomic mass is 10.1. The third-order valence-corrected chi connectivity index (χ3v) is 4.20. The summed E-state index contributed by atoms with van der Waals surface area (Å²) >= 11 is 0. The van der Waals surface area contributed by atoms with E-state index < -0.39 is 0 Å². The van der Waals surface area contributed by atoms with E-state index in [4.69, 9.17) is 4.74 Å². The van der Waals surface area contributed by atoms with Crippen LogP contribution in [0.5, 0.6) is 5.75 Å². The fourth-order valence-electron chi connectivity index (χ4n) is 2.72. The van der Waals surface area contributed by atoms with Gasteiger partial charge in [-0.3, -0.25) is 14.4 Å². The van der Waals surface area contributed by atoms with Crippen LogP contribution in [-0.4, -0.2) is 34.7 Å². The van der Waals surface area contributed by atoms with E-state index in [1.165, 1.54) is 29.8 Å². The summed E-state index contributed by atoms with van der Waals surface area (Å²) in [4.78, 5) is 35.0. The number of hydrogen-bond donors (Lipinski definition) is 2. The maximum Gasteiger partial charge on any atom is 0.266 e. The van der Waals surface area contributed by atoms with Crippen molar-refractivity contribution >= 4 is 17.5 Å². The van der Waals surface area contributed by atoms with Crippen LogP contribution in [0.1, 0.15) is 6.92 Å². The Bertz CT molecular complexity index is 1110. The summed E-state index contributed by atoms with van der Waals surface area (Å²) in [5.41, 5.74) is 1.52. The number of rotatable bonds is 8. The summed E-state index contributed by atoms with van der Waals surface area (Å²) in [5.74, 6) is -0.404. The largest absolute Gasteiger partial charge is 0.484 e. The van der Waals surface area contributed by atoms with Crippen molar-refractivity contribution < 1.29 is 18.7 Å². The molecule has 0 radical (unpaired) electrons. The first-order chi connectivity index (χ1) is 14.9. The minimum atomic E-state index is -0.356. The summed E-state index contributed by atoms with van der Waals surface area (Å²) < 4.78 is 19.7. The molecule has 2 amide bonds. The lowest BCUT2D eigenvalue weighted by Crippen LogP contribution is -2.34. The van der Waals surface area contributed by atoms with Crippen molar-refractivity contribution in [2.75, 3.05) is 18.5 Å². The van der Waals surface area contributed by atoms with Gasteiger partial charge in [-0.25, -0.2) is 9.07 Å². The molecule has 1 heterocycles. The monoisotopic (exact) mass is 424 g/mol. The topological polar surface area (TPSA) is 102 Å². The molecule has 0 spiro atoms. The van der Waals surface area contributed by atoms with Crippen LogP contribution in [0.4, 0.5) is 10.1 Å². The smallest absolute Gasteiger partial charge is 0.266 e. The highest BCUT2D eigenvalue weighted by Crippen LogP contribution is 2.16. The molecule has 9 heteroatoms. The summed E-state index contributed by atoms with van der Waals surface area (Å²) in [6.07, 6.45) is 0. The van der Waals surface area contributed by atoms with Crippen LogP contribution in [0, 0.1) is 5.82 Å². The minimum absolute atomic E-state index is 0.172. The fourth-order valence-corrected chi connectivity index (χ4v) is 2.72. The van der Waals surface area contributed by atoms with Crippen LogP contribution in [0.3, 0.4) is 0 Å². The number of anilines is 1. The van der Waals surface area contributed by atoms with E-state index in [-0.39, 0.29) is 42.9 Å². The van der Waals surface area contributed by atoms with Gasteiger partial charge in [-0.1, -0.05) is 0 Å². The van der Waals surface area contributed by atoms with Crippen molar-refractivity contribution in [1.29, 1.82) is 0 Å². The first-order valence-corrected chi connectivity index (χ1v) is 9.52.